The average Bonchev–Trinajstić information content (AvgIpc) is 2.58. The topological polar surface area (TPSA) is 53.0 Å². The van der Waals surface area contributed by atoms with E-state index in [0.717, 1.165) is 23.5 Å². The van der Waals surface area contributed by atoms with Crippen LogP contribution in [-0.4, -0.2) is 46.6 Å². The minimum absolute atomic E-state index is 0.233. The third-order valence-electron chi connectivity index (χ3n) is 4.07. The molecule has 0 heterocycles. The van der Waals surface area contributed by atoms with Crippen LogP contribution in [0.25, 0.3) is 0 Å². The smallest absolute Gasteiger partial charge is 0.177 e. The van der Waals surface area contributed by atoms with Crippen molar-refractivity contribution in [3.05, 3.63) is 48.0 Å². The van der Waals surface area contributed by atoms with Crippen LogP contribution < -0.4 is 4.90 Å². The predicted molar refractivity (Wildman–Crippen MR) is 105 cm³/mol. The van der Waals surface area contributed by atoms with Gasteiger partial charge in [0.1, 0.15) is 0 Å². The van der Waals surface area contributed by atoms with Crippen molar-refractivity contribution in [3.8, 4) is 0 Å². The van der Waals surface area contributed by atoms with Crippen molar-refractivity contribution < 1.29 is 8.42 Å². The molecule has 0 N–H and O–H groups in total. The number of hydrogen-bond acceptors (Lipinski definition) is 4. The summed E-state index contributed by atoms with van der Waals surface area (Å²) in [6.07, 6.45) is 2.87. The van der Waals surface area contributed by atoms with E-state index in [4.69, 9.17) is 0 Å². The van der Waals surface area contributed by atoms with Crippen LogP contribution in [0.4, 0.5) is 17.1 Å². The van der Waals surface area contributed by atoms with Crippen LogP contribution in [0.15, 0.2) is 52.4 Å². The molecule has 0 atom stereocenters. The van der Waals surface area contributed by atoms with Crippen molar-refractivity contribution in [1.29, 1.82) is 0 Å². The van der Waals surface area contributed by atoms with Gasteiger partial charge in [0.05, 0.1) is 16.9 Å². The molecule has 0 radical (unpaired) electrons. The van der Waals surface area contributed by atoms with Gasteiger partial charge < -0.3 is 9.80 Å². The van der Waals surface area contributed by atoms with Crippen LogP contribution in [0.1, 0.15) is 12.5 Å². The van der Waals surface area contributed by atoms with E-state index in [0.29, 0.717) is 5.69 Å². The fourth-order valence-corrected chi connectivity index (χ4v) is 3.27. The molecule has 0 fully saturated rings. The molecule has 0 saturated heterocycles. The summed E-state index contributed by atoms with van der Waals surface area (Å²) < 4.78 is 24.6. The van der Waals surface area contributed by atoms with E-state index in [2.05, 4.69) is 4.99 Å². The summed E-state index contributed by atoms with van der Waals surface area (Å²) in [5.74, 6) is 0. The molecule has 0 amide bonds. The Labute approximate surface area is 150 Å². The fourth-order valence-electron chi connectivity index (χ4n) is 2.45. The highest BCUT2D eigenvalue weighted by Crippen LogP contribution is 2.35. The Morgan fingerprint density at radius 3 is 2.32 bits per heavy atom. The Morgan fingerprint density at radius 2 is 1.76 bits per heavy atom. The quantitative estimate of drug-likeness (QED) is 0.582. The summed E-state index contributed by atoms with van der Waals surface area (Å²) in [6, 6.07) is 13.4. The van der Waals surface area contributed by atoms with Crippen LogP contribution in [0.2, 0.25) is 0 Å². The number of aliphatic imine (C=N–C) groups is 1. The second-order valence-electron chi connectivity index (χ2n) is 6.09. The maximum Gasteiger partial charge on any atom is 0.177 e. The zero-order chi connectivity index (χ0) is 18.6. The lowest BCUT2D eigenvalue weighted by molar-refractivity contribution is 0.552. The van der Waals surface area contributed by atoms with Gasteiger partial charge in [0.25, 0.3) is 0 Å². The Kier molecular flexibility index (Phi) is 5.85. The van der Waals surface area contributed by atoms with Gasteiger partial charge in [-0.25, -0.2) is 13.4 Å². The van der Waals surface area contributed by atoms with Gasteiger partial charge in [-0.05, 0) is 43.7 Å². The van der Waals surface area contributed by atoms with E-state index in [1.54, 1.807) is 12.4 Å². The molecule has 25 heavy (non-hydrogen) atoms. The lowest BCUT2D eigenvalue weighted by atomic mass is 10.1. The molecular weight excluding hydrogens is 334 g/mol. The second-order valence-corrected chi connectivity index (χ2v) is 8.08. The maximum atomic E-state index is 12.3. The first kappa shape index (κ1) is 19.0. The van der Waals surface area contributed by atoms with Gasteiger partial charge in [-0.15, -0.1) is 0 Å². The number of rotatable bonds is 6. The molecule has 134 valence electrons. The van der Waals surface area contributed by atoms with Crippen LogP contribution in [0.3, 0.4) is 0 Å². The molecular formula is C19H25N3O2S. The number of hydrogen-bond donors (Lipinski definition) is 0. The standard InChI is InChI=1S/C19H25N3O2S/c1-6-21(3)14-20-17-12-15(2)18(13-19(17)25(5,23)24)22(4)16-10-8-7-9-11-16/h7-14H,6H2,1-5H3. The van der Waals surface area contributed by atoms with Gasteiger partial charge in [-0.2, -0.15) is 0 Å². The zero-order valence-corrected chi connectivity index (χ0v) is 16.2. The molecule has 0 aliphatic carbocycles. The molecule has 0 unspecified atom stereocenters. The number of benzene rings is 2. The van der Waals surface area contributed by atoms with Crippen molar-refractivity contribution in [1.82, 2.24) is 4.90 Å². The highest BCUT2D eigenvalue weighted by Gasteiger charge is 2.18. The summed E-state index contributed by atoms with van der Waals surface area (Å²) in [7, 11) is 0.423. The molecule has 0 spiro atoms. The minimum atomic E-state index is -3.40. The first-order chi connectivity index (χ1) is 11.7. The highest BCUT2D eigenvalue weighted by atomic mass is 32.2. The Bertz CT molecular complexity index is 862. The molecule has 0 aliphatic heterocycles. The van der Waals surface area contributed by atoms with Crippen molar-refractivity contribution >= 4 is 33.2 Å². The highest BCUT2D eigenvalue weighted by molar-refractivity contribution is 7.90. The Balaban J connectivity index is 2.56. The number of sulfone groups is 1. The predicted octanol–water partition coefficient (Wildman–Crippen LogP) is 3.78. The van der Waals surface area contributed by atoms with E-state index in [1.165, 1.54) is 6.26 Å². The number of para-hydroxylation sites is 1. The lowest BCUT2D eigenvalue weighted by Gasteiger charge is -2.23. The van der Waals surface area contributed by atoms with Gasteiger partial charge in [0.2, 0.25) is 0 Å². The lowest BCUT2D eigenvalue weighted by Crippen LogP contribution is -2.15. The first-order valence-electron chi connectivity index (χ1n) is 8.12. The molecule has 5 nitrogen and oxygen atoms in total. The van der Waals surface area contributed by atoms with Gasteiger partial charge >= 0.3 is 0 Å². The SMILES string of the molecule is CCN(C)C=Nc1cc(C)c(N(C)c2ccccc2)cc1S(C)(=O)=O. The first-order valence-corrected chi connectivity index (χ1v) is 10.0. The van der Waals surface area contributed by atoms with Gasteiger partial charge in [0, 0.05) is 38.3 Å². The van der Waals surface area contributed by atoms with Crippen molar-refractivity contribution in [3.63, 3.8) is 0 Å². The van der Waals surface area contributed by atoms with Crippen LogP contribution in [0.5, 0.6) is 0 Å². The van der Waals surface area contributed by atoms with Gasteiger partial charge in [0.15, 0.2) is 9.84 Å². The monoisotopic (exact) mass is 359 g/mol. The van der Waals surface area contributed by atoms with Crippen molar-refractivity contribution in [2.75, 3.05) is 31.8 Å². The number of nitrogens with zero attached hydrogens (tertiary/aromatic N) is 3. The van der Waals surface area contributed by atoms with E-state index in [-0.39, 0.29) is 4.90 Å². The molecule has 6 heteroatoms. The zero-order valence-electron chi connectivity index (χ0n) is 15.4. The molecule has 2 aromatic rings. The van der Waals surface area contributed by atoms with E-state index in [9.17, 15) is 8.42 Å². The number of anilines is 2. The molecule has 0 saturated carbocycles. The van der Waals surface area contributed by atoms with Crippen molar-refractivity contribution in [2.45, 2.75) is 18.7 Å². The summed E-state index contributed by atoms with van der Waals surface area (Å²) in [5, 5.41) is 0. The Hall–Kier alpha value is -2.34. The Morgan fingerprint density at radius 1 is 1.12 bits per heavy atom. The molecule has 2 aromatic carbocycles. The van der Waals surface area contributed by atoms with Crippen LogP contribution >= 0.6 is 0 Å². The molecule has 0 bridgehead atoms. The van der Waals surface area contributed by atoms with E-state index < -0.39 is 9.84 Å². The van der Waals surface area contributed by atoms with Gasteiger partial charge in [-0.1, -0.05) is 18.2 Å². The largest absolute Gasteiger partial charge is 0.366 e. The molecule has 0 aliphatic rings. The summed E-state index contributed by atoms with van der Waals surface area (Å²) in [4.78, 5) is 8.49. The number of aryl methyl sites for hydroxylation is 1. The maximum absolute atomic E-state index is 12.3. The molecule has 0 aromatic heterocycles. The minimum Gasteiger partial charge on any atom is -0.366 e. The van der Waals surface area contributed by atoms with E-state index in [1.807, 2.05) is 74.1 Å². The van der Waals surface area contributed by atoms with E-state index >= 15 is 0 Å². The van der Waals surface area contributed by atoms with Gasteiger partial charge in [-0.3, -0.25) is 0 Å². The normalized spacial score (nSPS) is 11.7. The fraction of sp³-hybridized carbons (Fsp3) is 0.316. The third-order valence-corrected chi connectivity index (χ3v) is 5.20. The summed E-state index contributed by atoms with van der Waals surface area (Å²) in [5.41, 5.74) is 3.26. The molecule has 2 rings (SSSR count). The van der Waals surface area contributed by atoms with Crippen LogP contribution in [0, 0.1) is 6.92 Å². The summed E-state index contributed by atoms with van der Waals surface area (Å²) in [6.45, 7) is 4.77. The van der Waals surface area contributed by atoms with Crippen LogP contribution in [-0.2, 0) is 9.84 Å². The van der Waals surface area contributed by atoms with Crippen molar-refractivity contribution in [2.24, 2.45) is 4.99 Å². The summed E-state index contributed by atoms with van der Waals surface area (Å²) >= 11 is 0. The average molecular weight is 359 g/mol. The third kappa shape index (κ3) is 4.60. The second kappa shape index (κ2) is 7.70.